The zero-order valence-corrected chi connectivity index (χ0v) is 10.6. The van der Waals surface area contributed by atoms with Gasteiger partial charge in [-0.05, 0) is 12.5 Å². The maximum atomic E-state index is 13.4. The number of urea groups is 1. The Morgan fingerprint density at radius 3 is 2.53 bits per heavy atom. The number of rotatable bonds is 4. The Hall–Kier alpha value is -1.89. The Morgan fingerprint density at radius 1 is 1.42 bits per heavy atom. The molecule has 0 aromatic heterocycles. The molecule has 0 saturated carbocycles. The number of carboxylic acid groups (broad SMARTS) is 1. The third kappa shape index (κ3) is 4.06. The summed E-state index contributed by atoms with van der Waals surface area (Å²) in [6, 6.07) is -0.672. The molecule has 0 spiro atoms. The molecule has 0 aliphatic carbocycles. The standard InChI is InChI=1S/C11H11ClF2N2O3/c1-2-8(10(17)18)15-11(19)16-9-6(12)3-5(13)4-7(9)14/h3-4,8H,2H2,1H3,(H,17,18)(H2,15,16,19)/t8-/m1/s1. The lowest BCUT2D eigenvalue weighted by Crippen LogP contribution is -2.42. The third-order valence-corrected chi connectivity index (χ3v) is 2.56. The lowest BCUT2D eigenvalue weighted by molar-refractivity contribution is -0.139. The SMILES string of the molecule is CC[C@@H](NC(=O)Nc1c(F)cc(F)cc1Cl)C(=O)O. The predicted molar refractivity (Wildman–Crippen MR) is 65.2 cm³/mol. The summed E-state index contributed by atoms with van der Waals surface area (Å²) >= 11 is 5.57. The molecule has 0 unspecified atom stereocenters. The van der Waals surface area contributed by atoms with E-state index in [1.165, 1.54) is 0 Å². The van der Waals surface area contributed by atoms with Crippen LogP contribution < -0.4 is 10.6 Å². The van der Waals surface area contributed by atoms with Gasteiger partial charge >= 0.3 is 12.0 Å². The van der Waals surface area contributed by atoms with Crippen molar-refractivity contribution < 1.29 is 23.5 Å². The van der Waals surface area contributed by atoms with E-state index >= 15 is 0 Å². The van der Waals surface area contributed by atoms with Gasteiger partial charge in [-0.2, -0.15) is 0 Å². The number of benzene rings is 1. The van der Waals surface area contributed by atoms with Gasteiger partial charge in [-0.15, -0.1) is 0 Å². The molecule has 0 saturated heterocycles. The van der Waals surface area contributed by atoms with Gasteiger partial charge in [0, 0.05) is 6.07 Å². The Kier molecular flexibility index (Phi) is 5.05. The van der Waals surface area contributed by atoms with Crippen LogP contribution in [0.3, 0.4) is 0 Å². The molecule has 0 aliphatic heterocycles. The lowest BCUT2D eigenvalue weighted by atomic mass is 10.2. The van der Waals surface area contributed by atoms with Gasteiger partial charge in [-0.3, -0.25) is 0 Å². The van der Waals surface area contributed by atoms with E-state index in [2.05, 4.69) is 5.32 Å². The fraction of sp³-hybridized carbons (Fsp3) is 0.273. The van der Waals surface area contributed by atoms with Crippen molar-refractivity contribution in [2.75, 3.05) is 5.32 Å². The summed E-state index contributed by atoms with van der Waals surface area (Å²) < 4.78 is 26.2. The zero-order chi connectivity index (χ0) is 14.6. The van der Waals surface area contributed by atoms with Gasteiger partial charge in [-0.25, -0.2) is 18.4 Å². The van der Waals surface area contributed by atoms with Gasteiger partial charge in [0.2, 0.25) is 0 Å². The second-order valence-corrected chi connectivity index (χ2v) is 4.05. The van der Waals surface area contributed by atoms with Gasteiger partial charge in [0.25, 0.3) is 0 Å². The second-order valence-electron chi connectivity index (χ2n) is 3.64. The molecule has 8 heteroatoms. The molecule has 0 fully saturated rings. The van der Waals surface area contributed by atoms with Crippen molar-refractivity contribution >= 4 is 29.3 Å². The highest BCUT2D eigenvalue weighted by Crippen LogP contribution is 2.26. The van der Waals surface area contributed by atoms with Crippen LogP contribution in [0.2, 0.25) is 5.02 Å². The van der Waals surface area contributed by atoms with E-state index in [0.717, 1.165) is 6.07 Å². The van der Waals surface area contributed by atoms with Gasteiger partial charge in [0.05, 0.1) is 10.7 Å². The molecule has 1 rings (SSSR count). The number of halogens is 3. The molecule has 1 aromatic carbocycles. The van der Waals surface area contributed by atoms with Crippen molar-refractivity contribution in [3.05, 3.63) is 28.8 Å². The van der Waals surface area contributed by atoms with E-state index in [0.29, 0.717) is 6.07 Å². The summed E-state index contributed by atoms with van der Waals surface area (Å²) in [6.07, 6.45) is 0.155. The van der Waals surface area contributed by atoms with Gasteiger partial charge < -0.3 is 15.7 Å². The minimum Gasteiger partial charge on any atom is -0.480 e. The number of hydrogen-bond acceptors (Lipinski definition) is 2. The summed E-state index contributed by atoms with van der Waals surface area (Å²) in [6.45, 7) is 1.56. The summed E-state index contributed by atoms with van der Waals surface area (Å²) in [7, 11) is 0. The topological polar surface area (TPSA) is 78.4 Å². The minimum atomic E-state index is -1.22. The van der Waals surface area contributed by atoms with Gasteiger partial charge in [0.15, 0.2) is 5.82 Å². The molecule has 0 bridgehead atoms. The molecule has 1 atom stereocenters. The first-order valence-corrected chi connectivity index (χ1v) is 5.67. The molecule has 2 amide bonds. The first kappa shape index (κ1) is 15.2. The Balaban J connectivity index is 2.80. The number of carbonyl (C=O) groups is 2. The number of amides is 2. The van der Waals surface area contributed by atoms with E-state index in [4.69, 9.17) is 16.7 Å². The maximum Gasteiger partial charge on any atom is 0.326 e. The molecule has 5 nitrogen and oxygen atoms in total. The van der Waals surface area contributed by atoms with Gasteiger partial charge in [0.1, 0.15) is 11.9 Å². The molecule has 0 radical (unpaired) electrons. The molecule has 0 heterocycles. The molecular formula is C11H11ClF2N2O3. The largest absolute Gasteiger partial charge is 0.480 e. The van der Waals surface area contributed by atoms with Crippen molar-refractivity contribution in [2.45, 2.75) is 19.4 Å². The van der Waals surface area contributed by atoms with Crippen molar-refractivity contribution in [1.82, 2.24) is 5.32 Å². The average Bonchev–Trinajstić information content (AvgIpc) is 2.30. The first-order chi connectivity index (χ1) is 8.85. The lowest BCUT2D eigenvalue weighted by Gasteiger charge is -2.14. The van der Waals surface area contributed by atoms with Crippen LogP contribution in [0.1, 0.15) is 13.3 Å². The Morgan fingerprint density at radius 2 is 2.05 bits per heavy atom. The van der Waals surface area contributed by atoms with Crippen LogP contribution in [0.15, 0.2) is 12.1 Å². The van der Waals surface area contributed by atoms with E-state index < -0.39 is 35.4 Å². The number of nitrogens with one attached hydrogen (secondary N) is 2. The highest BCUT2D eigenvalue weighted by Gasteiger charge is 2.19. The summed E-state index contributed by atoms with van der Waals surface area (Å²) in [5.74, 6) is -3.16. The molecule has 1 aromatic rings. The van der Waals surface area contributed by atoms with E-state index in [-0.39, 0.29) is 11.4 Å². The number of carbonyl (C=O) groups excluding carboxylic acids is 1. The average molecular weight is 293 g/mol. The number of hydrogen-bond donors (Lipinski definition) is 3. The van der Waals surface area contributed by atoms with Crippen LogP contribution >= 0.6 is 11.6 Å². The third-order valence-electron chi connectivity index (χ3n) is 2.26. The van der Waals surface area contributed by atoms with Crippen LogP contribution in [0, 0.1) is 11.6 Å². The van der Waals surface area contributed by atoms with Crippen LogP contribution in [0.25, 0.3) is 0 Å². The monoisotopic (exact) mass is 292 g/mol. The number of anilines is 1. The fourth-order valence-electron chi connectivity index (χ4n) is 1.31. The number of aliphatic carboxylic acids is 1. The molecule has 3 N–H and O–H groups in total. The van der Waals surface area contributed by atoms with Gasteiger partial charge in [-0.1, -0.05) is 18.5 Å². The molecule has 0 aliphatic rings. The first-order valence-electron chi connectivity index (χ1n) is 5.30. The molecular weight excluding hydrogens is 282 g/mol. The smallest absolute Gasteiger partial charge is 0.326 e. The van der Waals surface area contributed by atoms with E-state index in [9.17, 15) is 18.4 Å². The van der Waals surface area contributed by atoms with Crippen molar-refractivity contribution in [3.63, 3.8) is 0 Å². The van der Waals surface area contributed by atoms with Crippen LogP contribution in [0.4, 0.5) is 19.3 Å². The Labute approximate surface area is 112 Å². The Bertz CT molecular complexity index is 488. The second kappa shape index (κ2) is 6.33. The molecule has 104 valence electrons. The summed E-state index contributed by atoms with van der Waals surface area (Å²) in [5, 5.41) is 12.6. The fourth-order valence-corrected chi connectivity index (χ4v) is 1.55. The van der Waals surface area contributed by atoms with Crippen LogP contribution in [-0.4, -0.2) is 23.1 Å². The van der Waals surface area contributed by atoms with Crippen molar-refractivity contribution in [3.8, 4) is 0 Å². The number of carboxylic acids is 1. The maximum absolute atomic E-state index is 13.4. The predicted octanol–water partition coefficient (Wildman–Crippen LogP) is 2.60. The van der Waals surface area contributed by atoms with Crippen LogP contribution in [0.5, 0.6) is 0 Å². The van der Waals surface area contributed by atoms with Crippen LogP contribution in [-0.2, 0) is 4.79 Å². The molecule has 19 heavy (non-hydrogen) atoms. The minimum absolute atomic E-state index is 0.155. The van der Waals surface area contributed by atoms with E-state index in [1.54, 1.807) is 6.92 Å². The normalized spacial score (nSPS) is 11.8. The highest BCUT2D eigenvalue weighted by molar-refractivity contribution is 6.33. The van der Waals surface area contributed by atoms with E-state index in [1.807, 2.05) is 5.32 Å². The highest BCUT2D eigenvalue weighted by atomic mass is 35.5. The zero-order valence-electron chi connectivity index (χ0n) is 9.84. The summed E-state index contributed by atoms with van der Waals surface area (Å²) in [4.78, 5) is 22.2. The quantitative estimate of drug-likeness (QED) is 0.798. The van der Waals surface area contributed by atoms with Crippen molar-refractivity contribution in [1.29, 1.82) is 0 Å². The van der Waals surface area contributed by atoms with Crippen molar-refractivity contribution in [2.24, 2.45) is 0 Å². The summed E-state index contributed by atoms with van der Waals surface area (Å²) in [5.41, 5.74) is -0.416.